The molecule has 0 amide bonds. The van der Waals surface area contributed by atoms with Gasteiger partial charge in [-0.15, -0.1) is 0 Å². The molecule has 0 aromatic heterocycles. The normalized spacial score (nSPS) is 12.8. The molecule has 0 saturated heterocycles. The number of methoxy groups -OCH3 is 1. The van der Waals surface area contributed by atoms with Crippen molar-refractivity contribution in [3.63, 3.8) is 0 Å². The summed E-state index contributed by atoms with van der Waals surface area (Å²) in [6.45, 7) is 0.801. The highest BCUT2D eigenvalue weighted by Gasteiger charge is 2.12. The Morgan fingerprint density at radius 1 is 1.50 bits per heavy atom. The molecule has 0 heterocycles. The Morgan fingerprint density at radius 3 is 2.88 bits per heavy atom. The molecule has 1 N–H and O–H groups in total. The largest absolute Gasteiger partial charge is 0.385 e. The van der Waals surface area contributed by atoms with E-state index in [4.69, 9.17) is 16.3 Å². The van der Waals surface area contributed by atoms with Gasteiger partial charge in [-0.25, -0.2) is 0 Å². The van der Waals surface area contributed by atoms with Crippen LogP contribution in [-0.2, 0) is 4.74 Å². The highest BCUT2D eigenvalue weighted by Crippen LogP contribution is 2.26. The zero-order valence-corrected chi connectivity index (χ0v) is 12.5. The lowest BCUT2D eigenvalue weighted by Gasteiger charge is -2.18. The third-order valence-electron chi connectivity index (χ3n) is 2.52. The molecule has 1 atom stereocenters. The van der Waals surface area contributed by atoms with E-state index in [1.807, 2.05) is 19.2 Å². The summed E-state index contributed by atoms with van der Waals surface area (Å²) < 4.78 is 6.32. The number of rotatable bonds is 6. The Bertz CT molecular complexity index is 333. The van der Waals surface area contributed by atoms with Crippen LogP contribution in [0.5, 0.6) is 0 Å². The van der Waals surface area contributed by atoms with Gasteiger partial charge in [-0.2, -0.15) is 0 Å². The van der Waals surface area contributed by atoms with E-state index in [9.17, 15) is 0 Å². The zero-order chi connectivity index (χ0) is 12.0. The molecule has 1 aromatic rings. The van der Waals surface area contributed by atoms with Crippen LogP contribution < -0.4 is 5.32 Å². The fourth-order valence-corrected chi connectivity index (χ4v) is 2.56. The third-order valence-corrected chi connectivity index (χ3v) is 3.74. The maximum absolute atomic E-state index is 6.02. The number of hydrogen-bond donors (Lipinski definition) is 1. The predicted molar refractivity (Wildman–Crippen MR) is 77.1 cm³/mol. The first kappa shape index (κ1) is 14.2. The van der Waals surface area contributed by atoms with Crippen molar-refractivity contribution in [2.45, 2.75) is 18.9 Å². The minimum absolute atomic E-state index is 0.348. The first-order valence-corrected chi connectivity index (χ1v) is 6.76. The Balaban J connectivity index is 2.73. The van der Waals surface area contributed by atoms with Gasteiger partial charge in [-0.05, 0) is 66.2 Å². The van der Waals surface area contributed by atoms with Crippen molar-refractivity contribution in [3.8, 4) is 0 Å². The molecule has 1 rings (SSSR count). The quantitative estimate of drug-likeness (QED) is 0.623. The standard InChI is InChI=1S/C12H17ClINO/c1-15-12(4-3-7-16-2)10-8-9(13)5-6-11(10)14/h5-6,8,12,15H,3-4,7H2,1-2H3. The summed E-state index contributed by atoms with van der Waals surface area (Å²) >= 11 is 8.37. The number of hydrogen-bond acceptors (Lipinski definition) is 2. The third kappa shape index (κ3) is 4.20. The van der Waals surface area contributed by atoms with E-state index in [0.717, 1.165) is 24.5 Å². The number of nitrogens with one attached hydrogen (secondary N) is 1. The van der Waals surface area contributed by atoms with Crippen molar-refractivity contribution in [2.75, 3.05) is 20.8 Å². The van der Waals surface area contributed by atoms with E-state index in [2.05, 4.69) is 34.0 Å². The van der Waals surface area contributed by atoms with Crippen LogP contribution >= 0.6 is 34.2 Å². The monoisotopic (exact) mass is 353 g/mol. The Hall–Kier alpha value is 0.160. The van der Waals surface area contributed by atoms with E-state index in [1.54, 1.807) is 7.11 Å². The van der Waals surface area contributed by atoms with Gasteiger partial charge in [0, 0.05) is 28.4 Å². The molecule has 0 radical (unpaired) electrons. The Morgan fingerprint density at radius 2 is 2.25 bits per heavy atom. The van der Waals surface area contributed by atoms with Crippen LogP contribution in [0.25, 0.3) is 0 Å². The zero-order valence-electron chi connectivity index (χ0n) is 9.59. The van der Waals surface area contributed by atoms with Gasteiger partial charge in [-0.1, -0.05) is 11.6 Å². The summed E-state index contributed by atoms with van der Waals surface area (Å²) in [5.74, 6) is 0. The molecule has 0 aliphatic carbocycles. The summed E-state index contributed by atoms with van der Waals surface area (Å²) in [5.41, 5.74) is 1.27. The van der Waals surface area contributed by atoms with Crippen LogP contribution in [0.1, 0.15) is 24.4 Å². The molecule has 0 aliphatic heterocycles. The van der Waals surface area contributed by atoms with Crippen LogP contribution in [0.4, 0.5) is 0 Å². The smallest absolute Gasteiger partial charge is 0.0462 e. The Kier molecular flexibility index (Phi) is 6.65. The van der Waals surface area contributed by atoms with Crippen LogP contribution in [0.15, 0.2) is 18.2 Å². The minimum atomic E-state index is 0.348. The molecule has 4 heteroatoms. The summed E-state index contributed by atoms with van der Waals surface area (Å²) in [6, 6.07) is 6.37. The molecule has 90 valence electrons. The molecule has 0 bridgehead atoms. The van der Waals surface area contributed by atoms with Crippen LogP contribution in [-0.4, -0.2) is 20.8 Å². The second-order valence-corrected chi connectivity index (χ2v) is 5.24. The lowest BCUT2D eigenvalue weighted by molar-refractivity contribution is 0.189. The number of benzene rings is 1. The van der Waals surface area contributed by atoms with Crippen LogP contribution in [0.2, 0.25) is 5.02 Å². The maximum atomic E-state index is 6.02. The van der Waals surface area contributed by atoms with Crippen molar-refractivity contribution >= 4 is 34.2 Å². The van der Waals surface area contributed by atoms with Gasteiger partial charge in [0.05, 0.1) is 0 Å². The fraction of sp³-hybridized carbons (Fsp3) is 0.500. The molecule has 1 aromatic carbocycles. The molecular formula is C12H17ClINO. The van der Waals surface area contributed by atoms with E-state index < -0.39 is 0 Å². The molecule has 0 aliphatic rings. The van der Waals surface area contributed by atoms with Gasteiger partial charge in [0.25, 0.3) is 0 Å². The Labute approximate surface area is 116 Å². The van der Waals surface area contributed by atoms with Crippen LogP contribution in [0.3, 0.4) is 0 Å². The van der Waals surface area contributed by atoms with Crippen molar-refractivity contribution < 1.29 is 4.74 Å². The first-order chi connectivity index (χ1) is 7.69. The van der Waals surface area contributed by atoms with Gasteiger partial charge in [0.15, 0.2) is 0 Å². The summed E-state index contributed by atoms with van der Waals surface area (Å²) in [7, 11) is 3.71. The number of halogens is 2. The SMILES string of the molecule is CNC(CCCOC)c1cc(Cl)ccc1I. The average Bonchev–Trinajstić information content (AvgIpc) is 2.28. The minimum Gasteiger partial charge on any atom is -0.385 e. The molecular weight excluding hydrogens is 336 g/mol. The first-order valence-electron chi connectivity index (χ1n) is 5.30. The average molecular weight is 354 g/mol. The summed E-state index contributed by atoms with van der Waals surface area (Å²) in [5, 5.41) is 4.12. The van der Waals surface area contributed by atoms with Gasteiger partial charge in [-0.3, -0.25) is 0 Å². The van der Waals surface area contributed by atoms with Crippen molar-refractivity contribution in [1.82, 2.24) is 5.32 Å². The van der Waals surface area contributed by atoms with Gasteiger partial charge >= 0.3 is 0 Å². The van der Waals surface area contributed by atoms with Crippen molar-refractivity contribution in [3.05, 3.63) is 32.4 Å². The van der Waals surface area contributed by atoms with Gasteiger partial charge < -0.3 is 10.1 Å². The molecule has 16 heavy (non-hydrogen) atoms. The highest BCUT2D eigenvalue weighted by molar-refractivity contribution is 14.1. The molecule has 1 unspecified atom stereocenters. The van der Waals surface area contributed by atoms with Crippen LogP contribution in [0, 0.1) is 3.57 Å². The van der Waals surface area contributed by atoms with E-state index in [1.165, 1.54) is 9.13 Å². The van der Waals surface area contributed by atoms with Crippen molar-refractivity contribution in [1.29, 1.82) is 0 Å². The predicted octanol–water partition coefficient (Wildman–Crippen LogP) is 3.63. The molecule has 0 fully saturated rings. The lowest BCUT2D eigenvalue weighted by Crippen LogP contribution is -2.18. The summed E-state index contributed by atoms with van der Waals surface area (Å²) in [6.07, 6.45) is 2.10. The lowest BCUT2D eigenvalue weighted by atomic mass is 10.0. The van der Waals surface area contributed by atoms with Gasteiger partial charge in [0.1, 0.15) is 0 Å². The second kappa shape index (κ2) is 7.48. The van der Waals surface area contributed by atoms with E-state index >= 15 is 0 Å². The summed E-state index contributed by atoms with van der Waals surface area (Å²) in [4.78, 5) is 0. The van der Waals surface area contributed by atoms with E-state index in [0.29, 0.717) is 6.04 Å². The second-order valence-electron chi connectivity index (χ2n) is 3.64. The maximum Gasteiger partial charge on any atom is 0.0462 e. The molecule has 0 saturated carbocycles. The fourth-order valence-electron chi connectivity index (χ4n) is 1.67. The highest BCUT2D eigenvalue weighted by atomic mass is 127. The topological polar surface area (TPSA) is 21.3 Å². The van der Waals surface area contributed by atoms with Gasteiger partial charge in [0.2, 0.25) is 0 Å². The molecule has 0 spiro atoms. The molecule has 2 nitrogen and oxygen atoms in total. The number of ether oxygens (including phenoxy) is 1. The van der Waals surface area contributed by atoms with E-state index in [-0.39, 0.29) is 0 Å². The van der Waals surface area contributed by atoms with Crippen molar-refractivity contribution in [2.24, 2.45) is 0 Å².